The number of hydrogen-bond donors (Lipinski definition) is 3. The average Bonchev–Trinajstić information content (AvgIpc) is 3.49. The van der Waals surface area contributed by atoms with Crippen molar-refractivity contribution in [1.29, 1.82) is 0 Å². The standard InChI is InChI=1S/C25H30ClN5O3/c1-31(14-20-12-21(15-34-2)30-29-20)25(33)17-5-3-16(4-6-17)11-19-8-9-22(28-19)24(32)18-7-10-23(26)27-13-18/h3-7,10,12-13,19,22,24,28,32H,8-9,11,14-15H2,1-2H3,(H,29,30)/t19-,22?,24+/m0/s1. The lowest BCUT2D eigenvalue weighted by atomic mass is 10.0. The fraction of sp³-hybridized carbons (Fsp3) is 0.400. The summed E-state index contributed by atoms with van der Waals surface area (Å²) < 4.78 is 5.08. The molecule has 180 valence electrons. The Morgan fingerprint density at radius 1 is 1.26 bits per heavy atom. The van der Waals surface area contributed by atoms with Crippen LogP contribution in [0.5, 0.6) is 0 Å². The number of carbonyl (C=O) groups is 1. The molecule has 2 aromatic heterocycles. The molecule has 0 spiro atoms. The highest BCUT2D eigenvalue weighted by molar-refractivity contribution is 6.29. The third-order valence-electron chi connectivity index (χ3n) is 6.16. The van der Waals surface area contributed by atoms with Gasteiger partial charge < -0.3 is 20.1 Å². The van der Waals surface area contributed by atoms with Crippen molar-refractivity contribution >= 4 is 17.5 Å². The predicted molar refractivity (Wildman–Crippen MR) is 129 cm³/mol. The van der Waals surface area contributed by atoms with E-state index in [0.717, 1.165) is 41.8 Å². The second-order valence-corrected chi connectivity index (χ2v) is 9.17. The Kier molecular flexibility index (Phi) is 7.95. The van der Waals surface area contributed by atoms with E-state index < -0.39 is 6.10 Å². The summed E-state index contributed by atoms with van der Waals surface area (Å²) in [5, 5.41) is 21.7. The van der Waals surface area contributed by atoms with E-state index in [2.05, 4.69) is 20.5 Å². The van der Waals surface area contributed by atoms with E-state index in [9.17, 15) is 9.90 Å². The molecule has 3 atom stereocenters. The van der Waals surface area contributed by atoms with Crippen molar-refractivity contribution in [3.05, 3.63) is 81.9 Å². The number of aromatic nitrogens is 3. The molecule has 1 unspecified atom stereocenters. The van der Waals surface area contributed by atoms with Gasteiger partial charge >= 0.3 is 0 Å². The molecule has 3 heterocycles. The second kappa shape index (κ2) is 11.1. The Balaban J connectivity index is 1.29. The molecule has 1 aliphatic rings. The fourth-order valence-electron chi connectivity index (χ4n) is 4.38. The van der Waals surface area contributed by atoms with Crippen molar-refractivity contribution in [3.63, 3.8) is 0 Å². The number of amides is 1. The molecular weight excluding hydrogens is 454 g/mol. The Morgan fingerprint density at radius 2 is 2.06 bits per heavy atom. The van der Waals surface area contributed by atoms with Crippen molar-refractivity contribution < 1.29 is 14.6 Å². The Labute approximate surface area is 204 Å². The molecule has 0 radical (unpaired) electrons. The molecule has 0 bridgehead atoms. The van der Waals surface area contributed by atoms with Gasteiger partial charge in [0.2, 0.25) is 0 Å². The summed E-state index contributed by atoms with van der Waals surface area (Å²) >= 11 is 5.84. The Hall–Kier alpha value is -2.78. The van der Waals surface area contributed by atoms with Gasteiger partial charge in [0, 0.05) is 43.6 Å². The molecule has 0 aliphatic carbocycles. The lowest BCUT2D eigenvalue weighted by Gasteiger charge is -2.20. The minimum absolute atomic E-state index is 0.0191. The smallest absolute Gasteiger partial charge is 0.253 e. The largest absolute Gasteiger partial charge is 0.387 e. The summed E-state index contributed by atoms with van der Waals surface area (Å²) in [7, 11) is 3.40. The topological polar surface area (TPSA) is 103 Å². The molecule has 4 rings (SSSR count). The molecular formula is C25H30ClN5O3. The molecule has 8 nitrogen and oxygen atoms in total. The molecule has 1 amide bonds. The molecule has 1 aromatic carbocycles. The molecule has 1 aliphatic heterocycles. The number of benzene rings is 1. The number of hydrogen-bond acceptors (Lipinski definition) is 6. The van der Waals surface area contributed by atoms with Gasteiger partial charge in [-0.2, -0.15) is 5.10 Å². The van der Waals surface area contributed by atoms with Crippen molar-refractivity contribution in [2.45, 2.75) is 50.6 Å². The number of aliphatic hydroxyl groups excluding tert-OH is 1. The monoisotopic (exact) mass is 483 g/mol. The molecule has 1 saturated heterocycles. The molecule has 3 aromatic rings. The van der Waals surface area contributed by atoms with Gasteiger partial charge in [-0.15, -0.1) is 0 Å². The Morgan fingerprint density at radius 3 is 2.76 bits per heavy atom. The first-order valence-corrected chi connectivity index (χ1v) is 11.7. The molecule has 34 heavy (non-hydrogen) atoms. The predicted octanol–water partition coefficient (Wildman–Crippen LogP) is 3.27. The van der Waals surface area contributed by atoms with Crippen LogP contribution in [0.2, 0.25) is 5.15 Å². The molecule has 1 fully saturated rings. The summed E-state index contributed by atoms with van der Waals surface area (Å²) in [4.78, 5) is 18.5. The van der Waals surface area contributed by atoms with Crippen LogP contribution < -0.4 is 5.32 Å². The molecule has 0 saturated carbocycles. The van der Waals surface area contributed by atoms with Gasteiger partial charge in [0.15, 0.2) is 0 Å². The van der Waals surface area contributed by atoms with Gasteiger partial charge in [0.25, 0.3) is 5.91 Å². The van der Waals surface area contributed by atoms with Crippen LogP contribution >= 0.6 is 11.6 Å². The van der Waals surface area contributed by atoms with Crippen LogP contribution in [0, 0.1) is 0 Å². The van der Waals surface area contributed by atoms with Crippen LogP contribution in [0.4, 0.5) is 0 Å². The van der Waals surface area contributed by atoms with Gasteiger partial charge in [-0.3, -0.25) is 9.89 Å². The SMILES string of the molecule is COCc1cc(CN(C)C(=O)c2ccc(C[C@@H]3CCC([C@H](O)c4ccc(Cl)nc4)N3)cc2)[nH]n1. The number of nitrogens with zero attached hydrogens (tertiary/aromatic N) is 3. The highest BCUT2D eigenvalue weighted by atomic mass is 35.5. The first-order chi connectivity index (χ1) is 16.4. The highest BCUT2D eigenvalue weighted by Crippen LogP contribution is 2.27. The van der Waals surface area contributed by atoms with E-state index >= 15 is 0 Å². The zero-order chi connectivity index (χ0) is 24.1. The average molecular weight is 484 g/mol. The molecule has 3 N–H and O–H groups in total. The van der Waals surface area contributed by atoms with E-state index in [1.807, 2.05) is 36.4 Å². The van der Waals surface area contributed by atoms with E-state index in [1.54, 1.807) is 31.3 Å². The fourth-order valence-corrected chi connectivity index (χ4v) is 4.49. The van der Waals surface area contributed by atoms with Gasteiger partial charge in [-0.1, -0.05) is 29.8 Å². The van der Waals surface area contributed by atoms with E-state index in [0.29, 0.717) is 23.9 Å². The third-order valence-corrected chi connectivity index (χ3v) is 6.39. The summed E-state index contributed by atoms with van der Waals surface area (Å²) in [5.41, 5.74) is 4.23. The first-order valence-electron chi connectivity index (χ1n) is 11.3. The van der Waals surface area contributed by atoms with E-state index in [-0.39, 0.29) is 18.0 Å². The minimum Gasteiger partial charge on any atom is -0.387 e. The number of H-pyrrole nitrogens is 1. The summed E-state index contributed by atoms with van der Waals surface area (Å²) in [6, 6.07) is 13.4. The van der Waals surface area contributed by atoms with Crippen molar-refractivity contribution in [3.8, 4) is 0 Å². The first kappa shape index (κ1) is 24.3. The van der Waals surface area contributed by atoms with Gasteiger partial charge in [0.1, 0.15) is 5.15 Å². The van der Waals surface area contributed by atoms with Crippen LogP contribution in [0.15, 0.2) is 48.7 Å². The van der Waals surface area contributed by atoms with Gasteiger partial charge in [-0.25, -0.2) is 4.98 Å². The van der Waals surface area contributed by atoms with Crippen LogP contribution in [0.3, 0.4) is 0 Å². The minimum atomic E-state index is -0.620. The number of rotatable bonds is 9. The number of aromatic amines is 1. The zero-order valence-electron chi connectivity index (χ0n) is 19.4. The lowest BCUT2D eigenvalue weighted by molar-refractivity contribution is 0.0783. The number of nitrogens with one attached hydrogen (secondary N) is 2. The van der Waals surface area contributed by atoms with Crippen LogP contribution in [-0.4, -0.2) is 57.3 Å². The lowest BCUT2D eigenvalue weighted by Crippen LogP contribution is -2.35. The maximum absolute atomic E-state index is 12.8. The summed E-state index contributed by atoms with van der Waals surface area (Å²) in [6.45, 7) is 0.875. The second-order valence-electron chi connectivity index (χ2n) is 8.79. The van der Waals surface area contributed by atoms with Crippen molar-refractivity contribution in [2.24, 2.45) is 0 Å². The number of methoxy groups -OCH3 is 1. The number of ether oxygens (including phenoxy) is 1. The maximum atomic E-state index is 12.8. The maximum Gasteiger partial charge on any atom is 0.253 e. The quantitative estimate of drug-likeness (QED) is 0.403. The van der Waals surface area contributed by atoms with Crippen molar-refractivity contribution in [2.75, 3.05) is 14.2 Å². The van der Waals surface area contributed by atoms with Crippen LogP contribution in [0.25, 0.3) is 0 Å². The normalized spacial score (nSPS) is 18.7. The highest BCUT2D eigenvalue weighted by Gasteiger charge is 2.30. The van der Waals surface area contributed by atoms with E-state index in [4.69, 9.17) is 16.3 Å². The number of carbonyl (C=O) groups excluding carboxylic acids is 1. The van der Waals surface area contributed by atoms with Gasteiger partial charge in [-0.05, 0) is 49.1 Å². The van der Waals surface area contributed by atoms with Crippen LogP contribution in [0.1, 0.15) is 51.8 Å². The van der Waals surface area contributed by atoms with Gasteiger partial charge in [0.05, 0.1) is 30.6 Å². The zero-order valence-corrected chi connectivity index (χ0v) is 20.1. The third kappa shape index (κ3) is 6.01. The summed E-state index contributed by atoms with van der Waals surface area (Å²) in [5.74, 6) is -0.0480. The van der Waals surface area contributed by atoms with E-state index in [1.165, 1.54) is 0 Å². The number of aliphatic hydroxyl groups is 1. The number of halogens is 1. The summed E-state index contributed by atoms with van der Waals surface area (Å²) in [6.07, 6.45) is 3.70. The number of pyridine rings is 1. The van der Waals surface area contributed by atoms with Crippen LogP contribution in [-0.2, 0) is 24.3 Å². The Bertz CT molecular complexity index is 1090. The van der Waals surface area contributed by atoms with Crippen molar-refractivity contribution in [1.82, 2.24) is 25.4 Å². The molecule has 9 heteroatoms.